The fourth-order valence-corrected chi connectivity index (χ4v) is 4.61. The summed E-state index contributed by atoms with van der Waals surface area (Å²) in [6.07, 6.45) is 0. The smallest absolute Gasteiger partial charge is 0.251 e. The summed E-state index contributed by atoms with van der Waals surface area (Å²) in [6.45, 7) is 0.688. The molecule has 7 N–H and O–H groups in total. The van der Waals surface area contributed by atoms with Crippen LogP contribution in [0.15, 0.2) is 94.9 Å². The molecule has 3 aromatic rings. The van der Waals surface area contributed by atoms with Crippen molar-refractivity contribution >= 4 is 40.2 Å². The maximum atomic E-state index is 12.2. The molecular formula is C31H31N9O2. The average molecular weight is 562 g/mol. The maximum Gasteiger partial charge on any atom is 0.251 e. The Hall–Kier alpha value is -5.71. The molecule has 11 heteroatoms. The van der Waals surface area contributed by atoms with E-state index in [-0.39, 0.29) is 17.8 Å². The lowest BCUT2D eigenvalue weighted by Gasteiger charge is -2.20. The molecule has 42 heavy (non-hydrogen) atoms. The molecule has 1 aliphatic heterocycles. The Morgan fingerprint density at radius 2 is 1.48 bits per heavy atom. The van der Waals surface area contributed by atoms with Crippen molar-refractivity contribution in [3.05, 3.63) is 101 Å². The SMILES string of the molecule is CNC(=O)c1ccc(Nc2cc3nc4ccccc4n(-c4ccc(C(=O)NC)cc4)c-3cc2=NCCN=C(N)N)cc1. The number of guanidine groups is 1. The molecule has 0 aromatic heterocycles. The van der Waals surface area contributed by atoms with Gasteiger partial charge < -0.3 is 32.0 Å². The standard InChI is InChI=1S/C31H31N9O2/c1-34-29(41)19-7-11-21(12-8-19)38-25-17-26-28(18-24(25)36-15-16-37-31(32)33)40(27-6-4-3-5-23(27)39-26)22-13-9-20(10-14-22)30(42)35-2/h3-14,17-18,38H,15-16H2,1-2H3,(H,34,41)(H,35,42)(H4,32,33,37). The third kappa shape index (κ3) is 5.89. The predicted octanol–water partition coefficient (Wildman–Crippen LogP) is 2.77. The highest BCUT2D eigenvalue weighted by Gasteiger charge is 2.17. The van der Waals surface area contributed by atoms with Crippen molar-refractivity contribution in [1.29, 1.82) is 0 Å². The summed E-state index contributed by atoms with van der Waals surface area (Å²) in [6, 6.07) is 26.4. The van der Waals surface area contributed by atoms with Crippen LogP contribution in [0.3, 0.4) is 0 Å². The van der Waals surface area contributed by atoms with Crippen LogP contribution in [-0.4, -0.2) is 54.5 Å². The van der Waals surface area contributed by atoms with Gasteiger partial charge in [0.2, 0.25) is 0 Å². The molecule has 212 valence electrons. The van der Waals surface area contributed by atoms with Crippen LogP contribution in [0.4, 0.5) is 11.4 Å². The second-order valence-electron chi connectivity index (χ2n) is 9.39. The molecule has 0 fully saturated rings. The highest BCUT2D eigenvalue weighted by atomic mass is 16.2. The molecule has 0 spiro atoms. The van der Waals surface area contributed by atoms with Gasteiger partial charge in [-0.2, -0.15) is 0 Å². The Morgan fingerprint density at radius 1 is 0.833 bits per heavy atom. The first kappa shape index (κ1) is 27.8. The van der Waals surface area contributed by atoms with Gasteiger partial charge in [0.1, 0.15) is 0 Å². The Balaban J connectivity index is 1.68. The van der Waals surface area contributed by atoms with E-state index in [4.69, 9.17) is 21.4 Å². The molecule has 2 amide bonds. The Bertz CT molecular complexity index is 1820. The summed E-state index contributed by atoms with van der Waals surface area (Å²) in [4.78, 5) is 38.0. The van der Waals surface area contributed by atoms with Crippen LogP contribution in [0.5, 0.6) is 0 Å². The number of amides is 2. The molecule has 2 aliphatic rings. The number of hydrogen-bond acceptors (Lipinski definition) is 6. The Labute approximate surface area is 242 Å². The van der Waals surface area contributed by atoms with E-state index >= 15 is 0 Å². The van der Waals surface area contributed by atoms with Crippen LogP contribution >= 0.6 is 0 Å². The number of hydrogen-bond donors (Lipinski definition) is 5. The molecule has 0 unspecified atom stereocenters. The number of fused-ring (bicyclic) bond motifs is 2. The lowest BCUT2D eigenvalue weighted by Crippen LogP contribution is -2.23. The number of nitrogens with one attached hydrogen (secondary N) is 3. The highest BCUT2D eigenvalue weighted by Crippen LogP contribution is 2.30. The summed E-state index contributed by atoms with van der Waals surface area (Å²) >= 11 is 0. The molecule has 0 saturated carbocycles. The molecule has 0 bridgehead atoms. The fourth-order valence-electron chi connectivity index (χ4n) is 4.61. The monoisotopic (exact) mass is 561 g/mol. The highest BCUT2D eigenvalue weighted by molar-refractivity contribution is 5.95. The maximum absolute atomic E-state index is 12.2. The van der Waals surface area contributed by atoms with Crippen LogP contribution in [-0.2, 0) is 0 Å². The molecular weight excluding hydrogens is 530 g/mol. The van der Waals surface area contributed by atoms with Crippen LogP contribution in [0.25, 0.3) is 28.1 Å². The van der Waals surface area contributed by atoms with Gasteiger partial charge in [0.05, 0.1) is 46.6 Å². The van der Waals surface area contributed by atoms with Crippen molar-refractivity contribution in [3.8, 4) is 17.1 Å². The van der Waals surface area contributed by atoms with Crippen LogP contribution in [0, 0.1) is 0 Å². The van der Waals surface area contributed by atoms with Crippen LogP contribution in [0.1, 0.15) is 20.7 Å². The van der Waals surface area contributed by atoms with Gasteiger partial charge in [0.25, 0.3) is 11.8 Å². The van der Waals surface area contributed by atoms with Gasteiger partial charge in [-0.1, -0.05) is 12.1 Å². The second kappa shape index (κ2) is 12.2. The predicted molar refractivity (Wildman–Crippen MR) is 165 cm³/mol. The lowest BCUT2D eigenvalue weighted by molar-refractivity contribution is 0.0955. The zero-order chi connectivity index (χ0) is 29.6. The van der Waals surface area contributed by atoms with Crippen molar-refractivity contribution < 1.29 is 9.59 Å². The van der Waals surface area contributed by atoms with Crippen LogP contribution < -0.4 is 32.8 Å². The number of rotatable bonds is 8. The number of nitrogens with two attached hydrogens (primary N) is 2. The van der Waals surface area contributed by atoms with E-state index in [1.54, 1.807) is 38.4 Å². The van der Waals surface area contributed by atoms with E-state index in [0.29, 0.717) is 29.6 Å². The molecule has 5 rings (SSSR count). The number of carbonyl (C=O) groups is 2. The lowest BCUT2D eigenvalue weighted by atomic mass is 10.1. The van der Waals surface area contributed by atoms with E-state index in [0.717, 1.165) is 39.5 Å². The van der Waals surface area contributed by atoms with Gasteiger partial charge in [0, 0.05) is 36.6 Å². The van der Waals surface area contributed by atoms with E-state index in [1.165, 1.54) is 0 Å². The Kier molecular flexibility index (Phi) is 8.10. The summed E-state index contributed by atoms with van der Waals surface area (Å²) in [5.74, 6) is -0.310. The molecule has 3 aromatic carbocycles. The van der Waals surface area contributed by atoms with Crippen LogP contribution in [0.2, 0.25) is 0 Å². The van der Waals surface area contributed by atoms with E-state index in [2.05, 4.69) is 25.5 Å². The second-order valence-corrected chi connectivity index (χ2v) is 9.39. The minimum Gasteiger partial charge on any atom is -0.370 e. The van der Waals surface area contributed by atoms with E-state index in [9.17, 15) is 9.59 Å². The van der Waals surface area contributed by atoms with Crippen molar-refractivity contribution in [2.24, 2.45) is 21.5 Å². The largest absolute Gasteiger partial charge is 0.370 e. The summed E-state index contributed by atoms with van der Waals surface area (Å²) in [5.41, 5.74) is 17.8. The topological polar surface area (TPSA) is 165 Å². The van der Waals surface area contributed by atoms with Crippen molar-refractivity contribution in [2.45, 2.75) is 0 Å². The van der Waals surface area contributed by atoms with E-state index in [1.807, 2.05) is 60.7 Å². The quantitative estimate of drug-likeness (QED) is 0.0846. The first-order valence-corrected chi connectivity index (χ1v) is 13.3. The number of carbonyl (C=O) groups excluding carboxylic acids is 2. The molecule has 1 aliphatic carbocycles. The molecule has 1 heterocycles. The minimum atomic E-state index is -0.160. The third-order valence-corrected chi connectivity index (χ3v) is 6.64. The van der Waals surface area contributed by atoms with E-state index < -0.39 is 0 Å². The van der Waals surface area contributed by atoms with Crippen molar-refractivity contribution in [1.82, 2.24) is 20.2 Å². The number of nitrogens with zero attached hydrogens (tertiary/aromatic N) is 4. The van der Waals surface area contributed by atoms with Gasteiger partial charge >= 0.3 is 0 Å². The van der Waals surface area contributed by atoms with Gasteiger partial charge in [-0.15, -0.1) is 0 Å². The first-order valence-electron chi connectivity index (χ1n) is 13.3. The van der Waals surface area contributed by atoms with Gasteiger partial charge in [-0.05, 0) is 72.8 Å². The summed E-state index contributed by atoms with van der Waals surface area (Å²) < 4.78 is 2.10. The number of para-hydroxylation sites is 2. The minimum absolute atomic E-state index is 0.00646. The summed E-state index contributed by atoms with van der Waals surface area (Å²) in [7, 11) is 3.20. The van der Waals surface area contributed by atoms with Crippen molar-refractivity contribution in [3.63, 3.8) is 0 Å². The molecule has 0 atom stereocenters. The molecule has 0 saturated heterocycles. The zero-order valence-corrected chi connectivity index (χ0v) is 23.3. The Morgan fingerprint density at radius 3 is 2.12 bits per heavy atom. The number of anilines is 2. The zero-order valence-electron chi connectivity index (χ0n) is 23.3. The number of benzene rings is 4. The molecule has 0 radical (unpaired) electrons. The summed E-state index contributed by atoms with van der Waals surface area (Å²) in [5, 5.41) is 9.39. The molecule has 11 nitrogen and oxygen atoms in total. The number of aromatic nitrogens is 2. The van der Waals surface area contributed by atoms with Gasteiger partial charge in [-0.3, -0.25) is 19.6 Å². The number of aliphatic imine (C=N–C) groups is 1. The van der Waals surface area contributed by atoms with Crippen molar-refractivity contribution in [2.75, 3.05) is 32.5 Å². The fraction of sp³-hybridized carbons (Fsp3) is 0.129. The average Bonchev–Trinajstić information content (AvgIpc) is 3.01. The normalized spacial score (nSPS) is 11.3. The first-order chi connectivity index (χ1) is 20.4. The van der Waals surface area contributed by atoms with Gasteiger partial charge in [0.15, 0.2) is 5.96 Å². The van der Waals surface area contributed by atoms with Gasteiger partial charge in [-0.25, -0.2) is 4.98 Å². The third-order valence-electron chi connectivity index (χ3n) is 6.64.